The van der Waals surface area contributed by atoms with Gasteiger partial charge in [-0.3, -0.25) is 9.59 Å². The first kappa shape index (κ1) is 14.4. The van der Waals surface area contributed by atoms with E-state index in [9.17, 15) is 9.59 Å². The summed E-state index contributed by atoms with van der Waals surface area (Å²) in [5.74, 6) is 0.335. The molecule has 0 spiro atoms. The van der Waals surface area contributed by atoms with E-state index in [-0.39, 0.29) is 5.60 Å². The summed E-state index contributed by atoms with van der Waals surface area (Å²) in [5, 5.41) is 0. The lowest BCUT2D eigenvalue weighted by molar-refractivity contribution is -0.138. The molecule has 0 aromatic rings. The van der Waals surface area contributed by atoms with Gasteiger partial charge in [0, 0.05) is 25.9 Å². The molecule has 0 aromatic heterocycles. The summed E-state index contributed by atoms with van der Waals surface area (Å²) >= 11 is 5.56. The van der Waals surface area contributed by atoms with Crippen LogP contribution in [0.5, 0.6) is 0 Å². The van der Waals surface area contributed by atoms with Crippen LogP contribution in [-0.4, -0.2) is 35.4 Å². The average molecular weight is 236 g/mol. The molecule has 1 fully saturated rings. The third kappa shape index (κ3) is 9.69. The Morgan fingerprint density at radius 1 is 1.33 bits per heavy atom. The SMILES string of the molecule is CC(C)(C)OC=O.O=C1CCN(Cl)CC1. The predicted octanol–water partition coefficient (Wildman–Crippen LogP) is 1.76. The monoisotopic (exact) mass is 235 g/mol. The van der Waals surface area contributed by atoms with Crippen molar-refractivity contribution < 1.29 is 14.3 Å². The van der Waals surface area contributed by atoms with Crippen molar-refractivity contribution in [1.29, 1.82) is 0 Å². The summed E-state index contributed by atoms with van der Waals surface area (Å²) in [6.45, 7) is 7.37. The van der Waals surface area contributed by atoms with Crippen LogP contribution in [0.1, 0.15) is 33.6 Å². The first-order valence-corrected chi connectivity index (χ1v) is 5.23. The van der Waals surface area contributed by atoms with Gasteiger partial charge in [-0.1, -0.05) is 0 Å². The molecule has 1 heterocycles. The van der Waals surface area contributed by atoms with E-state index in [4.69, 9.17) is 11.8 Å². The zero-order valence-corrected chi connectivity index (χ0v) is 10.2. The highest BCUT2D eigenvalue weighted by atomic mass is 35.5. The Balaban J connectivity index is 0.000000265. The zero-order valence-electron chi connectivity index (χ0n) is 9.46. The second kappa shape index (κ2) is 6.80. The molecule has 0 aliphatic carbocycles. The average Bonchev–Trinajstić information content (AvgIpc) is 2.09. The minimum absolute atomic E-state index is 0.318. The topological polar surface area (TPSA) is 46.6 Å². The van der Waals surface area contributed by atoms with Gasteiger partial charge in [0.1, 0.15) is 11.4 Å². The molecule has 0 bridgehead atoms. The van der Waals surface area contributed by atoms with Crippen molar-refractivity contribution in [3.63, 3.8) is 0 Å². The Morgan fingerprint density at radius 2 is 1.80 bits per heavy atom. The van der Waals surface area contributed by atoms with Crippen LogP contribution in [0.25, 0.3) is 0 Å². The number of nitrogens with zero attached hydrogens (tertiary/aromatic N) is 1. The van der Waals surface area contributed by atoms with Gasteiger partial charge in [0.25, 0.3) is 6.47 Å². The summed E-state index contributed by atoms with van der Waals surface area (Å²) in [6, 6.07) is 0. The molecule has 0 radical (unpaired) electrons. The molecule has 0 amide bonds. The minimum Gasteiger partial charge on any atom is -0.462 e. The fraction of sp³-hybridized carbons (Fsp3) is 0.800. The van der Waals surface area contributed by atoms with Crippen LogP contribution < -0.4 is 0 Å². The van der Waals surface area contributed by atoms with Gasteiger partial charge in [-0.2, -0.15) is 0 Å². The van der Waals surface area contributed by atoms with Crippen LogP contribution in [0, 0.1) is 0 Å². The Labute approximate surface area is 95.6 Å². The molecule has 0 unspecified atom stereocenters. The Morgan fingerprint density at radius 3 is 2.00 bits per heavy atom. The molecule has 0 N–H and O–H groups in total. The lowest BCUT2D eigenvalue weighted by Gasteiger charge is -2.16. The summed E-state index contributed by atoms with van der Waals surface area (Å²) < 4.78 is 6.20. The van der Waals surface area contributed by atoms with Crippen molar-refractivity contribution in [3.8, 4) is 0 Å². The van der Waals surface area contributed by atoms with E-state index >= 15 is 0 Å². The lowest BCUT2D eigenvalue weighted by Crippen LogP contribution is -2.25. The minimum atomic E-state index is -0.318. The first-order valence-electron chi connectivity index (χ1n) is 4.89. The summed E-state index contributed by atoms with van der Waals surface area (Å²) in [5.41, 5.74) is -0.318. The quantitative estimate of drug-likeness (QED) is 0.513. The van der Waals surface area contributed by atoms with E-state index in [1.54, 1.807) is 4.42 Å². The predicted molar refractivity (Wildman–Crippen MR) is 58.6 cm³/mol. The smallest absolute Gasteiger partial charge is 0.293 e. The van der Waals surface area contributed by atoms with Crippen molar-refractivity contribution in [2.24, 2.45) is 0 Å². The number of piperidine rings is 1. The molecule has 5 heteroatoms. The second-order valence-corrected chi connectivity index (χ2v) is 4.75. The first-order chi connectivity index (χ1) is 6.85. The molecular formula is C10H18ClNO3. The van der Waals surface area contributed by atoms with E-state index in [0.717, 1.165) is 13.1 Å². The maximum Gasteiger partial charge on any atom is 0.293 e. The Hall–Kier alpha value is -0.610. The van der Waals surface area contributed by atoms with Crippen LogP contribution in [-0.2, 0) is 14.3 Å². The number of hydrogen-bond acceptors (Lipinski definition) is 4. The molecule has 0 aromatic carbocycles. The second-order valence-electron chi connectivity index (χ2n) is 4.27. The van der Waals surface area contributed by atoms with Gasteiger partial charge >= 0.3 is 0 Å². The van der Waals surface area contributed by atoms with E-state index in [0.29, 0.717) is 25.1 Å². The van der Waals surface area contributed by atoms with Gasteiger partial charge in [0.15, 0.2) is 0 Å². The van der Waals surface area contributed by atoms with Gasteiger partial charge in [0.05, 0.1) is 0 Å². The van der Waals surface area contributed by atoms with Crippen molar-refractivity contribution >= 4 is 24.0 Å². The molecule has 4 nitrogen and oxygen atoms in total. The largest absolute Gasteiger partial charge is 0.462 e. The highest BCUT2D eigenvalue weighted by Gasteiger charge is 2.12. The molecule has 0 atom stereocenters. The normalized spacial score (nSPS) is 17.7. The highest BCUT2D eigenvalue weighted by molar-refractivity contribution is 6.13. The van der Waals surface area contributed by atoms with Gasteiger partial charge in [-0.15, -0.1) is 0 Å². The number of carbonyl (C=O) groups excluding carboxylic acids is 2. The fourth-order valence-corrected chi connectivity index (χ4v) is 1.04. The van der Waals surface area contributed by atoms with Crippen molar-refractivity contribution in [2.45, 2.75) is 39.2 Å². The summed E-state index contributed by atoms with van der Waals surface area (Å²) in [6.07, 6.45) is 1.26. The van der Waals surface area contributed by atoms with E-state index in [1.807, 2.05) is 20.8 Å². The van der Waals surface area contributed by atoms with Crippen LogP contribution in [0.15, 0.2) is 0 Å². The third-order valence-electron chi connectivity index (χ3n) is 1.67. The molecule has 0 saturated carbocycles. The van der Waals surface area contributed by atoms with Crippen LogP contribution >= 0.6 is 11.8 Å². The van der Waals surface area contributed by atoms with E-state index in [1.165, 1.54) is 0 Å². The molecular weight excluding hydrogens is 218 g/mol. The summed E-state index contributed by atoms with van der Waals surface area (Å²) in [4.78, 5) is 20.1. The lowest BCUT2D eigenvalue weighted by atomic mass is 10.1. The van der Waals surface area contributed by atoms with E-state index < -0.39 is 0 Å². The number of Topliss-reactive ketones (excluding diaryl/α,β-unsaturated/α-hetero) is 1. The number of ketones is 1. The summed E-state index contributed by atoms with van der Waals surface area (Å²) in [7, 11) is 0. The number of ether oxygens (including phenoxy) is 1. The van der Waals surface area contributed by atoms with Gasteiger partial charge in [0.2, 0.25) is 0 Å². The van der Waals surface area contributed by atoms with Gasteiger partial charge in [-0.25, -0.2) is 4.42 Å². The number of halogens is 1. The highest BCUT2D eigenvalue weighted by Crippen LogP contribution is 2.06. The molecule has 1 aliphatic rings. The van der Waals surface area contributed by atoms with E-state index in [2.05, 4.69) is 4.74 Å². The standard InChI is InChI=1S/C5H8ClNO.C5H10O2/c6-7-3-1-5(8)2-4-7;1-5(2,3)7-4-6/h1-4H2;4H,1-3H3. The molecule has 1 rings (SSSR count). The van der Waals surface area contributed by atoms with Gasteiger partial charge in [-0.05, 0) is 32.5 Å². The van der Waals surface area contributed by atoms with Crippen molar-refractivity contribution in [1.82, 2.24) is 4.42 Å². The van der Waals surface area contributed by atoms with Crippen molar-refractivity contribution in [3.05, 3.63) is 0 Å². The Kier molecular flexibility index (Phi) is 6.52. The number of hydrogen-bond donors (Lipinski definition) is 0. The molecule has 1 saturated heterocycles. The van der Waals surface area contributed by atoms with Gasteiger partial charge < -0.3 is 4.74 Å². The maximum atomic E-state index is 10.5. The Bertz CT molecular complexity index is 203. The maximum absolute atomic E-state index is 10.5. The third-order valence-corrected chi connectivity index (χ3v) is 2.01. The fourth-order valence-electron chi connectivity index (χ4n) is 0.873. The van der Waals surface area contributed by atoms with Crippen molar-refractivity contribution in [2.75, 3.05) is 13.1 Å². The number of carbonyl (C=O) groups is 2. The molecule has 1 aliphatic heterocycles. The van der Waals surface area contributed by atoms with Crippen LogP contribution in [0.3, 0.4) is 0 Å². The number of rotatable bonds is 1. The van der Waals surface area contributed by atoms with Crippen LogP contribution in [0.2, 0.25) is 0 Å². The molecule has 15 heavy (non-hydrogen) atoms. The molecule has 88 valence electrons. The zero-order chi connectivity index (χ0) is 11.9. The van der Waals surface area contributed by atoms with Crippen LogP contribution in [0.4, 0.5) is 0 Å².